The molecule has 1 heterocycles. The third-order valence-electron chi connectivity index (χ3n) is 2.53. The number of nitrogens with two attached hydrogens (primary N) is 1. The minimum Gasteiger partial charge on any atom is -0.450 e. The molecule has 3 N–H and O–H groups in total. The number of rotatable bonds is 3. The summed E-state index contributed by atoms with van der Waals surface area (Å²) < 4.78 is 4.79. The van der Waals surface area contributed by atoms with Gasteiger partial charge in [0, 0.05) is 24.3 Å². The fourth-order valence-electron chi connectivity index (χ4n) is 1.71. The lowest BCUT2D eigenvalue weighted by atomic mass is 9.49. The van der Waals surface area contributed by atoms with Gasteiger partial charge in [0.1, 0.15) is 5.84 Å². The van der Waals surface area contributed by atoms with E-state index in [9.17, 15) is 4.79 Å². The van der Waals surface area contributed by atoms with E-state index in [0.29, 0.717) is 30.8 Å². The number of nitrogens with one attached hydrogen (secondary N) is 1. The van der Waals surface area contributed by atoms with Crippen molar-refractivity contribution in [1.29, 1.82) is 5.26 Å². The first-order valence-corrected chi connectivity index (χ1v) is 5.40. The maximum absolute atomic E-state index is 11.3. The number of alkyl carbamates (subject to hydrolysis) is 1. The van der Waals surface area contributed by atoms with Gasteiger partial charge in [-0.2, -0.15) is 0 Å². The minimum absolute atomic E-state index is 0.165. The Labute approximate surface area is 101 Å². The van der Waals surface area contributed by atoms with Gasteiger partial charge in [0.25, 0.3) is 6.71 Å². The molecule has 90 valence electrons. The highest BCUT2D eigenvalue weighted by Gasteiger charge is 2.30. The standard InChI is InChI=1S/C10H15BN4O2/c1-3-17-10(16)15-8-5-11(6-12)4-7(8)9(13)14-2/h3-5H2,1-2H3,(H2,13,14)(H,15,16). The molecule has 1 amide bonds. The van der Waals surface area contributed by atoms with Crippen molar-refractivity contribution in [3.05, 3.63) is 11.3 Å². The molecular weight excluding hydrogens is 219 g/mol. The van der Waals surface area contributed by atoms with Crippen molar-refractivity contribution >= 4 is 18.6 Å². The summed E-state index contributed by atoms with van der Waals surface area (Å²) in [4.78, 5) is 15.2. The first-order chi connectivity index (χ1) is 8.12. The Morgan fingerprint density at radius 2 is 2.41 bits per heavy atom. The van der Waals surface area contributed by atoms with E-state index in [1.807, 2.05) is 0 Å². The van der Waals surface area contributed by atoms with Gasteiger partial charge < -0.3 is 10.5 Å². The van der Waals surface area contributed by atoms with Crippen LogP contribution in [0.15, 0.2) is 16.3 Å². The number of aliphatic imine (C=N–C) groups is 1. The molecule has 0 aromatic heterocycles. The molecule has 0 saturated carbocycles. The van der Waals surface area contributed by atoms with Crippen molar-refractivity contribution in [2.75, 3.05) is 13.7 Å². The molecular formula is C10H15BN4O2. The number of amides is 1. The Hall–Kier alpha value is -1.97. The first-order valence-electron chi connectivity index (χ1n) is 5.40. The molecule has 0 unspecified atom stereocenters. The number of nitrogens with zero attached hydrogens (tertiary/aromatic N) is 2. The lowest BCUT2D eigenvalue weighted by Gasteiger charge is -2.08. The lowest BCUT2D eigenvalue weighted by Crippen LogP contribution is -2.26. The highest BCUT2D eigenvalue weighted by molar-refractivity contribution is 6.69. The van der Waals surface area contributed by atoms with Crippen molar-refractivity contribution in [3.63, 3.8) is 0 Å². The summed E-state index contributed by atoms with van der Waals surface area (Å²) in [6, 6.07) is 0. The Balaban J connectivity index is 2.83. The van der Waals surface area contributed by atoms with E-state index in [1.165, 1.54) is 0 Å². The van der Waals surface area contributed by atoms with Crippen LogP contribution in [0.4, 0.5) is 4.79 Å². The van der Waals surface area contributed by atoms with Crippen LogP contribution >= 0.6 is 0 Å². The molecule has 0 bridgehead atoms. The van der Waals surface area contributed by atoms with E-state index in [-0.39, 0.29) is 6.71 Å². The van der Waals surface area contributed by atoms with E-state index >= 15 is 0 Å². The van der Waals surface area contributed by atoms with Gasteiger partial charge in [0.05, 0.1) is 6.61 Å². The van der Waals surface area contributed by atoms with Crippen LogP contribution in [0.2, 0.25) is 12.6 Å². The molecule has 0 aliphatic carbocycles. The fraction of sp³-hybridized carbons (Fsp3) is 0.500. The highest BCUT2D eigenvalue weighted by Crippen LogP contribution is 2.25. The van der Waals surface area contributed by atoms with Crippen molar-refractivity contribution < 1.29 is 9.53 Å². The molecule has 17 heavy (non-hydrogen) atoms. The molecule has 1 aliphatic heterocycles. The monoisotopic (exact) mass is 234 g/mol. The normalized spacial score (nSPS) is 15.8. The summed E-state index contributed by atoms with van der Waals surface area (Å²) in [5.41, 5.74) is 7.09. The number of hydrogen-bond donors (Lipinski definition) is 2. The molecule has 1 rings (SSSR count). The Morgan fingerprint density at radius 3 is 2.94 bits per heavy atom. The van der Waals surface area contributed by atoms with Crippen LogP contribution in [0.25, 0.3) is 0 Å². The Kier molecular flexibility index (Phi) is 4.58. The maximum Gasteiger partial charge on any atom is 0.411 e. The van der Waals surface area contributed by atoms with E-state index in [0.717, 1.165) is 5.57 Å². The zero-order valence-electron chi connectivity index (χ0n) is 9.99. The van der Waals surface area contributed by atoms with Crippen molar-refractivity contribution in [2.45, 2.75) is 19.6 Å². The SMILES string of the molecule is CCOC(=O)NC1=C(C(N)=NC)CB(C#N)C1. The predicted molar refractivity (Wildman–Crippen MR) is 65.7 cm³/mol. The van der Waals surface area contributed by atoms with Crippen LogP contribution in [-0.4, -0.2) is 32.3 Å². The van der Waals surface area contributed by atoms with Crippen LogP contribution in [0.5, 0.6) is 0 Å². The number of carbonyl (C=O) groups excluding carboxylic acids is 1. The van der Waals surface area contributed by atoms with Gasteiger partial charge in [-0.3, -0.25) is 10.3 Å². The second-order valence-electron chi connectivity index (χ2n) is 3.65. The summed E-state index contributed by atoms with van der Waals surface area (Å²) in [6.45, 7) is 1.86. The molecule has 0 saturated heterocycles. The molecule has 6 nitrogen and oxygen atoms in total. The van der Waals surface area contributed by atoms with Gasteiger partial charge in [0.2, 0.25) is 0 Å². The smallest absolute Gasteiger partial charge is 0.411 e. The summed E-state index contributed by atoms with van der Waals surface area (Å²) in [7, 11) is 1.57. The summed E-state index contributed by atoms with van der Waals surface area (Å²) in [6.07, 6.45) is 0.463. The third kappa shape index (κ3) is 3.24. The second-order valence-corrected chi connectivity index (χ2v) is 3.65. The average Bonchev–Trinajstić information content (AvgIpc) is 2.71. The molecule has 0 fully saturated rings. The van der Waals surface area contributed by atoms with Gasteiger partial charge in [0.15, 0.2) is 0 Å². The van der Waals surface area contributed by atoms with Crippen LogP contribution in [0.1, 0.15) is 6.92 Å². The maximum atomic E-state index is 11.3. The first kappa shape index (κ1) is 13.1. The second kappa shape index (κ2) is 5.94. The average molecular weight is 234 g/mol. The van der Waals surface area contributed by atoms with Crippen molar-refractivity contribution in [3.8, 4) is 5.97 Å². The number of nitriles is 1. The molecule has 1 aliphatic rings. The summed E-state index contributed by atoms with van der Waals surface area (Å²) >= 11 is 0. The predicted octanol–water partition coefficient (Wildman–Crippen LogP) is 0.545. The summed E-state index contributed by atoms with van der Waals surface area (Å²) in [5.74, 6) is 2.52. The number of hydrogen-bond acceptors (Lipinski definition) is 4. The van der Waals surface area contributed by atoms with Gasteiger partial charge in [-0.15, -0.1) is 0 Å². The van der Waals surface area contributed by atoms with Gasteiger partial charge in [-0.25, -0.2) is 10.1 Å². The van der Waals surface area contributed by atoms with E-state index in [4.69, 9.17) is 15.7 Å². The number of ether oxygens (including phenoxy) is 1. The quantitative estimate of drug-likeness (QED) is 0.422. The largest absolute Gasteiger partial charge is 0.450 e. The molecule has 7 heteroatoms. The zero-order chi connectivity index (χ0) is 12.8. The van der Waals surface area contributed by atoms with Crippen molar-refractivity contribution in [1.82, 2.24) is 5.32 Å². The highest BCUT2D eigenvalue weighted by atomic mass is 16.5. The lowest BCUT2D eigenvalue weighted by molar-refractivity contribution is 0.155. The topological polar surface area (TPSA) is 100 Å². The molecule has 0 atom stereocenters. The van der Waals surface area contributed by atoms with Crippen LogP contribution < -0.4 is 11.1 Å². The Bertz CT molecular complexity index is 411. The molecule has 0 aromatic carbocycles. The molecule has 0 radical (unpaired) electrons. The van der Waals surface area contributed by atoms with Crippen LogP contribution in [0, 0.1) is 11.2 Å². The van der Waals surface area contributed by atoms with Crippen LogP contribution in [-0.2, 0) is 4.74 Å². The molecule has 0 spiro atoms. The van der Waals surface area contributed by atoms with Crippen LogP contribution in [0.3, 0.4) is 0 Å². The fourth-order valence-corrected chi connectivity index (χ4v) is 1.71. The third-order valence-corrected chi connectivity index (χ3v) is 2.53. The number of carbonyl (C=O) groups is 1. The Morgan fingerprint density at radius 1 is 1.71 bits per heavy atom. The van der Waals surface area contributed by atoms with E-state index in [1.54, 1.807) is 14.0 Å². The molecule has 0 aromatic rings. The summed E-state index contributed by atoms with van der Waals surface area (Å²) in [5, 5.41) is 11.5. The number of amidine groups is 1. The van der Waals surface area contributed by atoms with Crippen molar-refractivity contribution in [2.24, 2.45) is 10.7 Å². The van der Waals surface area contributed by atoms with Gasteiger partial charge >= 0.3 is 6.09 Å². The zero-order valence-corrected chi connectivity index (χ0v) is 9.99. The van der Waals surface area contributed by atoms with Gasteiger partial charge in [-0.1, -0.05) is 0 Å². The van der Waals surface area contributed by atoms with E-state index < -0.39 is 6.09 Å². The van der Waals surface area contributed by atoms with Gasteiger partial charge in [-0.05, 0) is 19.6 Å². The number of allylic oxidation sites excluding steroid dienone is 1. The van der Waals surface area contributed by atoms with E-state index in [2.05, 4.69) is 16.3 Å². The minimum atomic E-state index is -0.525.